The van der Waals surface area contributed by atoms with Crippen molar-refractivity contribution in [2.45, 2.75) is 32.4 Å². The van der Waals surface area contributed by atoms with Crippen molar-refractivity contribution in [2.75, 3.05) is 38.7 Å². The summed E-state index contributed by atoms with van der Waals surface area (Å²) in [5.41, 5.74) is 3.93. The predicted octanol–water partition coefficient (Wildman–Crippen LogP) is 3.16. The second-order valence-corrected chi connectivity index (χ2v) is 10.2. The molecular weight excluding hydrogens is 438 g/mol. The Morgan fingerprint density at radius 3 is 2.42 bits per heavy atom. The van der Waals surface area contributed by atoms with Crippen LogP contribution in [0.15, 0.2) is 53.9 Å². The van der Waals surface area contributed by atoms with Gasteiger partial charge in [0.1, 0.15) is 0 Å². The highest BCUT2D eigenvalue weighted by Crippen LogP contribution is 2.17. The average molecular weight is 472 g/mol. The van der Waals surface area contributed by atoms with Crippen LogP contribution in [0.5, 0.6) is 0 Å². The number of hydrogen-bond donors (Lipinski definition) is 1. The smallest absolute Gasteiger partial charge is 0.238 e. The molecule has 0 saturated carbocycles. The van der Waals surface area contributed by atoms with Crippen LogP contribution in [-0.2, 0) is 26.1 Å². The van der Waals surface area contributed by atoms with Gasteiger partial charge in [-0.2, -0.15) is 0 Å². The minimum absolute atomic E-state index is 0.0203. The highest BCUT2D eigenvalue weighted by molar-refractivity contribution is 7.92. The summed E-state index contributed by atoms with van der Waals surface area (Å²) in [6.45, 7) is 3.20. The fourth-order valence-corrected chi connectivity index (χ4v) is 4.33. The number of ether oxygens (including phenoxy) is 1. The van der Waals surface area contributed by atoms with Crippen LogP contribution in [0, 0.1) is 6.92 Å². The third-order valence-electron chi connectivity index (χ3n) is 5.57. The molecule has 8 heteroatoms. The van der Waals surface area contributed by atoms with Crippen molar-refractivity contribution in [2.24, 2.45) is 0 Å². The molecule has 0 spiro atoms. The van der Waals surface area contributed by atoms with E-state index < -0.39 is 10.0 Å². The maximum atomic E-state index is 13.0. The first-order chi connectivity index (χ1) is 15.7. The Kier molecular flexibility index (Phi) is 8.66. The fraction of sp³-hybridized carbons (Fsp3) is 0.400. The second-order valence-electron chi connectivity index (χ2n) is 8.55. The lowest BCUT2D eigenvalue weighted by molar-refractivity contribution is -0.132. The molecule has 1 amide bonds. The van der Waals surface area contributed by atoms with Crippen LogP contribution in [0.25, 0.3) is 6.08 Å². The Hall–Kier alpha value is -2.68. The van der Waals surface area contributed by atoms with Crippen molar-refractivity contribution < 1.29 is 17.9 Å². The summed E-state index contributed by atoms with van der Waals surface area (Å²) in [6.07, 6.45) is 3.37. The Morgan fingerprint density at radius 1 is 1.12 bits per heavy atom. The van der Waals surface area contributed by atoms with Crippen molar-refractivity contribution in [3.63, 3.8) is 0 Å². The van der Waals surface area contributed by atoms with Gasteiger partial charge in [-0.05, 0) is 49.1 Å². The molecule has 2 aromatic rings. The van der Waals surface area contributed by atoms with Crippen LogP contribution in [0.3, 0.4) is 0 Å². The maximum absolute atomic E-state index is 13.0. The van der Waals surface area contributed by atoms with E-state index in [0.717, 1.165) is 40.6 Å². The number of carbonyl (C=O) groups excluding carboxylic acids is 1. The Bertz CT molecular complexity index is 1040. The molecule has 7 nitrogen and oxygen atoms in total. The Morgan fingerprint density at radius 2 is 1.82 bits per heavy atom. The summed E-state index contributed by atoms with van der Waals surface area (Å²) in [4.78, 5) is 16.7. The number of hydrogen-bond acceptors (Lipinski definition) is 5. The number of sulfonamides is 1. The summed E-state index contributed by atoms with van der Waals surface area (Å²) in [6, 6.07) is 15.5. The highest BCUT2D eigenvalue weighted by atomic mass is 32.2. The van der Waals surface area contributed by atoms with E-state index in [1.807, 2.05) is 74.4 Å². The van der Waals surface area contributed by atoms with Crippen LogP contribution in [0.1, 0.15) is 29.5 Å². The van der Waals surface area contributed by atoms with E-state index in [1.165, 1.54) is 6.08 Å². The molecule has 1 heterocycles. The summed E-state index contributed by atoms with van der Waals surface area (Å²) < 4.78 is 32.9. The Labute approximate surface area is 197 Å². The number of benzene rings is 2. The van der Waals surface area contributed by atoms with Gasteiger partial charge in [0.05, 0.1) is 12.6 Å². The van der Waals surface area contributed by atoms with Gasteiger partial charge in [-0.1, -0.05) is 42.0 Å². The number of carbonyl (C=O) groups is 1. The zero-order valence-electron chi connectivity index (χ0n) is 19.5. The monoisotopic (exact) mass is 471 g/mol. The quantitative estimate of drug-likeness (QED) is 0.576. The molecule has 33 heavy (non-hydrogen) atoms. The van der Waals surface area contributed by atoms with Crippen molar-refractivity contribution >= 4 is 27.7 Å². The molecule has 1 fully saturated rings. The molecule has 2 aromatic carbocycles. The lowest BCUT2D eigenvalue weighted by Gasteiger charge is -2.26. The summed E-state index contributed by atoms with van der Waals surface area (Å²) >= 11 is 0. The van der Waals surface area contributed by atoms with Crippen molar-refractivity contribution in [3.05, 3.63) is 70.6 Å². The van der Waals surface area contributed by atoms with Gasteiger partial charge in [-0.3, -0.25) is 4.79 Å². The molecule has 1 saturated heterocycles. The molecule has 1 aliphatic heterocycles. The fourth-order valence-electron chi connectivity index (χ4n) is 3.58. The summed E-state index contributed by atoms with van der Waals surface area (Å²) in [7, 11) is 0.199. The van der Waals surface area contributed by atoms with Crippen LogP contribution < -0.4 is 9.62 Å². The van der Waals surface area contributed by atoms with Gasteiger partial charge in [0, 0.05) is 44.9 Å². The van der Waals surface area contributed by atoms with E-state index in [-0.39, 0.29) is 18.6 Å². The van der Waals surface area contributed by atoms with E-state index in [4.69, 9.17) is 4.74 Å². The van der Waals surface area contributed by atoms with Gasteiger partial charge in [0.2, 0.25) is 15.9 Å². The van der Waals surface area contributed by atoms with Crippen LogP contribution in [0.4, 0.5) is 5.69 Å². The van der Waals surface area contributed by atoms with Crippen molar-refractivity contribution in [3.8, 4) is 0 Å². The number of aryl methyl sites for hydroxylation is 1. The van der Waals surface area contributed by atoms with Crippen LogP contribution >= 0.6 is 0 Å². The third kappa shape index (κ3) is 7.99. The predicted molar refractivity (Wildman–Crippen MR) is 132 cm³/mol. The summed E-state index contributed by atoms with van der Waals surface area (Å²) in [5, 5.41) is 1.09. The zero-order valence-corrected chi connectivity index (χ0v) is 20.3. The molecule has 1 N–H and O–H groups in total. The second kappa shape index (κ2) is 11.4. The van der Waals surface area contributed by atoms with Crippen molar-refractivity contribution in [1.82, 2.24) is 9.62 Å². The highest BCUT2D eigenvalue weighted by Gasteiger charge is 2.23. The molecule has 1 atom stereocenters. The number of amides is 1. The number of rotatable bonds is 10. The first-order valence-corrected chi connectivity index (χ1v) is 12.7. The molecule has 0 aromatic heterocycles. The van der Waals surface area contributed by atoms with E-state index in [0.29, 0.717) is 19.7 Å². The molecule has 0 unspecified atom stereocenters. The first kappa shape index (κ1) is 25.0. The van der Waals surface area contributed by atoms with Gasteiger partial charge < -0.3 is 14.5 Å². The average Bonchev–Trinajstić information content (AvgIpc) is 3.30. The normalized spacial score (nSPS) is 16.3. The summed E-state index contributed by atoms with van der Waals surface area (Å²) in [5.74, 6) is -0.283. The molecule has 0 radical (unpaired) electrons. The van der Waals surface area contributed by atoms with Gasteiger partial charge in [0.15, 0.2) is 0 Å². The van der Waals surface area contributed by atoms with E-state index in [9.17, 15) is 13.2 Å². The van der Waals surface area contributed by atoms with Crippen molar-refractivity contribution in [1.29, 1.82) is 0 Å². The van der Waals surface area contributed by atoms with Crippen LogP contribution in [-0.4, -0.2) is 59.1 Å². The minimum Gasteiger partial charge on any atom is -0.378 e. The van der Waals surface area contributed by atoms with Gasteiger partial charge in [-0.25, -0.2) is 13.1 Å². The molecule has 3 rings (SSSR count). The zero-order chi connectivity index (χ0) is 23.8. The SMILES string of the molecule is Cc1ccc(/C=C/S(=O)(=O)NCC(=O)N(Cc2ccc(N(C)C)cc2)C[C@H]2CCCO2)cc1. The third-order valence-corrected chi connectivity index (χ3v) is 6.61. The number of nitrogens with one attached hydrogen (secondary N) is 1. The van der Waals surface area contributed by atoms with E-state index in [1.54, 1.807) is 4.90 Å². The van der Waals surface area contributed by atoms with Gasteiger partial charge in [0.25, 0.3) is 0 Å². The topological polar surface area (TPSA) is 79.0 Å². The van der Waals surface area contributed by atoms with E-state index >= 15 is 0 Å². The molecular formula is C25H33N3O4S. The minimum atomic E-state index is -3.75. The van der Waals surface area contributed by atoms with E-state index in [2.05, 4.69) is 4.72 Å². The first-order valence-electron chi connectivity index (χ1n) is 11.1. The molecule has 0 bridgehead atoms. The maximum Gasteiger partial charge on any atom is 0.238 e. The molecule has 178 valence electrons. The number of anilines is 1. The molecule has 1 aliphatic rings. The van der Waals surface area contributed by atoms with Gasteiger partial charge >= 0.3 is 0 Å². The lowest BCUT2D eigenvalue weighted by atomic mass is 10.1. The lowest BCUT2D eigenvalue weighted by Crippen LogP contribution is -2.42. The standard InChI is InChI=1S/C25H33N3O4S/c1-20-6-8-21(9-7-20)14-16-33(30,31)26-17-25(29)28(19-24-5-4-15-32-24)18-22-10-12-23(13-11-22)27(2)3/h6-14,16,24,26H,4-5,15,17-19H2,1-3H3/b16-14+/t24-/m1/s1. The molecule has 0 aliphatic carbocycles. The Balaban J connectivity index is 1.63. The largest absolute Gasteiger partial charge is 0.378 e. The number of nitrogens with zero attached hydrogens (tertiary/aromatic N) is 2. The van der Waals surface area contributed by atoms with Crippen LogP contribution in [0.2, 0.25) is 0 Å². The van der Waals surface area contributed by atoms with Gasteiger partial charge in [-0.15, -0.1) is 0 Å².